The Morgan fingerprint density at radius 3 is 2.95 bits per heavy atom. The lowest BCUT2D eigenvalue weighted by Gasteiger charge is -2.25. The standard InChI is InChI=1S/C15H13Cl2N3S/c16-9-6-11-13(7-10(9)17)20(15(18)19-11)12-2-1-3-14-8(12)4-5-21-14/h4-7,12H,1-3H2,(H2,18,19). The number of fused-ring (bicyclic) bond motifs is 2. The van der Waals surface area contributed by atoms with E-state index in [9.17, 15) is 0 Å². The van der Waals surface area contributed by atoms with Crippen molar-refractivity contribution < 1.29 is 0 Å². The van der Waals surface area contributed by atoms with Gasteiger partial charge in [0.05, 0.1) is 27.1 Å². The van der Waals surface area contributed by atoms with Gasteiger partial charge in [-0.25, -0.2) is 4.98 Å². The molecule has 2 N–H and O–H groups in total. The van der Waals surface area contributed by atoms with Crippen LogP contribution in [0.4, 0.5) is 5.95 Å². The van der Waals surface area contributed by atoms with Crippen molar-refractivity contribution in [2.24, 2.45) is 0 Å². The van der Waals surface area contributed by atoms with Gasteiger partial charge in [0.1, 0.15) is 0 Å². The molecule has 0 radical (unpaired) electrons. The largest absolute Gasteiger partial charge is 0.369 e. The van der Waals surface area contributed by atoms with Crippen LogP contribution >= 0.6 is 34.5 Å². The average molecular weight is 338 g/mol. The van der Waals surface area contributed by atoms with E-state index >= 15 is 0 Å². The number of nitrogens with zero attached hydrogens (tertiary/aromatic N) is 2. The zero-order valence-corrected chi connectivity index (χ0v) is 13.5. The second kappa shape index (κ2) is 4.90. The molecule has 0 fully saturated rings. The number of benzene rings is 1. The molecule has 2 aromatic heterocycles. The van der Waals surface area contributed by atoms with Gasteiger partial charge in [-0.1, -0.05) is 23.2 Å². The molecular weight excluding hydrogens is 325 g/mol. The van der Waals surface area contributed by atoms with Crippen molar-refractivity contribution in [1.29, 1.82) is 0 Å². The van der Waals surface area contributed by atoms with E-state index in [1.54, 1.807) is 6.07 Å². The number of nitrogens with two attached hydrogens (primary N) is 1. The summed E-state index contributed by atoms with van der Waals surface area (Å²) in [6.07, 6.45) is 3.39. The van der Waals surface area contributed by atoms with Crippen LogP contribution in [0.1, 0.15) is 29.3 Å². The molecule has 0 saturated carbocycles. The topological polar surface area (TPSA) is 43.8 Å². The molecule has 0 aliphatic heterocycles. The highest BCUT2D eigenvalue weighted by atomic mass is 35.5. The number of nitrogen functional groups attached to an aromatic ring is 1. The number of imidazole rings is 1. The number of anilines is 1. The first kappa shape index (κ1) is 13.4. The lowest BCUT2D eigenvalue weighted by molar-refractivity contribution is 0.510. The summed E-state index contributed by atoms with van der Waals surface area (Å²) in [6, 6.07) is 6.08. The van der Waals surface area contributed by atoms with Crippen molar-refractivity contribution in [3.05, 3.63) is 44.1 Å². The summed E-state index contributed by atoms with van der Waals surface area (Å²) in [5.74, 6) is 0.521. The van der Waals surface area contributed by atoms with Crippen molar-refractivity contribution in [2.45, 2.75) is 25.3 Å². The third-order valence-electron chi connectivity index (χ3n) is 4.09. The van der Waals surface area contributed by atoms with E-state index in [0.717, 1.165) is 23.9 Å². The molecule has 1 aliphatic rings. The number of thiophene rings is 1. The van der Waals surface area contributed by atoms with E-state index < -0.39 is 0 Å². The zero-order chi connectivity index (χ0) is 14.6. The number of hydrogen-bond donors (Lipinski definition) is 1. The predicted molar refractivity (Wildman–Crippen MR) is 89.6 cm³/mol. The molecule has 1 atom stereocenters. The van der Waals surface area contributed by atoms with Crippen LogP contribution in [0.2, 0.25) is 10.0 Å². The van der Waals surface area contributed by atoms with E-state index in [2.05, 4.69) is 21.0 Å². The normalized spacial score (nSPS) is 18.1. The third kappa shape index (κ3) is 2.05. The van der Waals surface area contributed by atoms with Crippen LogP contribution in [0.5, 0.6) is 0 Å². The Hall–Kier alpha value is -1.23. The molecule has 4 rings (SSSR count). The Kier molecular flexibility index (Phi) is 3.14. The van der Waals surface area contributed by atoms with Gasteiger partial charge in [-0.15, -0.1) is 11.3 Å². The Morgan fingerprint density at radius 2 is 2.10 bits per heavy atom. The Morgan fingerprint density at radius 1 is 1.29 bits per heavy atom. The molecule has 0 saturated heterocycles. The molecule has 0 spiro atoms. The van der Waals surface area contributed by atoms with Crippen LogP contribution in [0.25, 0.3) is 11.0 Å². The lowest BCUT2D eigenvalue weighted by Crippen LogP contribution is -2.17. The van der Waals surface area contributed by atoms with E-state index in [1.807, 2.05) is 17.4 Å². The molecule has 0 amide bonds. The summed E-state index contributed by atoms with van der Waals surface area (Å²) >= 11 is 14.1. The van der Waals surface area contributed by atoms with Crippen molar-refractivity contribution >= 4 is 51.5 Å². The fraction of sp³-hybridized carbons (Fsp3) is 0.267. The van der Waals surface area contributed by atoms with Gasteiger partial charge in [-0.3, -0.25) is 0 Å². The lowest BCUT2D eigenvalue weighted by atomic mass is 9.93. The number of aryl methyl sites for hydroxylation is 1. The van der Waals surface area contributed by atoms with Crippen LogP contribution in [0, 0.1) is 0 Å². The predicted octanol–water partition coefficient (Wildman–Crippen LogP) is 4.91. The van der Waals surface area contributed by atoms with Gasteiger partial charge in [0, 0.05) is 4.88 Å². The smallest absolute Gasteiger partial charge is 0.201 e. The van der Waals surface area contributed by atoms with E-state index in [4.69, 9.17) is 28.9 Å². The minimum Gasteiger partial charge on any atom is -0.369 e. The summed E-state index contributed by atoms with van der Waals surface area (Å²) in [4.78, 5) is 5.90. The van der Waals surface area contributed by atoms with Gasteiger partial charge in [0.2, 0.25) is 5.95 Å². The van der Waals surface area contributed by atoms with Crippen molar-refractivity contribution in [2.75, 3.05) is 5.73 Å². The minimum atomic E-state index is 0.238. The maximum absolute atomic E-state index is 6.18. The molecule has 108 valence electrons. The van der Waals surface area contributed by atoms with Crippen LogP contribution in [-0.2, 0) is 6.42 Å². The maximum atomic E-state index is 6.18. The molecule has 2 heterocycles. The molecule has 1 aromatic carbocycles. The van der Waals surface area contributed by atoms with Gasteiger partial charge in [0.15, 0.2) is 0 Å². The van der Waals surface area contributed by atoms with Gasteiger partial charge < -0.3 is 10.3 Å². The molecule has 3 nitrogen and oxygen atoms in total. The number of halogens is 2. The second-order valence-electron chi connectivity index (χ2n) is 5.30. The molecule has 3 aromatic rings. The molecule has 1 unspecified atom stereocenters. The highest BCUT2D eigenvalue weighted by Crippen LogP contribution is 2.40. The molecule has 6 heteroatoms. The Balaban J connectivity index is 1.96. The van der Waals surface area contributed by atoms with Crippen molar-refractivity contribution in [3.63, 3.8) is 0 Å². The number of aromatic nitrogens is 2. The summed E-state index contributed by atoms with van der Waals surface area (Å²) < 4.78 is 2.10. The van der Waals surface area contributed by atoms with Gasteiger partial charge >= 0.3 is 0 Å². The van der Waals surface area contributed by atoms with E-state index in [-0.39, 0.29) is 6.04 Å². The zero-order valence-electron chi connectivity index (χ0n) is 11.1. The van der Waals surface area contributed by atoms with Crippen molar-refractivity contribution in [1.82, 2.24) is 9.55 Å². The summed E-state index contributed by atoms with van der Waals surface area (Å²) in [5.41, 5.74) is 9.29. The van der Waals surface area contributed by atoms with Gasteiger partial charge in [0.25, 0.3) is 0 Å². The molecular formula is C15H13Cl2N3S. The minimum absolute atomic E-state index is 0.238. The first-order chi connectivity index (χ1) is 10.1. The Labute approximate surface area is 136 Å². The van der Waals surface area contributed by atoms with Crippen LogP contribution in [0.3, 0.4) is 0 Å². The van der Waals surface area contributed by atoms with E-state index in [1.165, 1.54) is 16.9 Å². The SMILES string of the molecule is Nc1nc2cc(Cl)c(Cl)cc2n1C1CCCc2sccc21. The summed E-state index contributed by atoms with van der Waals surface area (Å²) in [6.45, 7) is 0. The Bertz CT molecular complexity index is 837. The number of hydrogen-bond acceptors (Lipinski definition) is 3. The quantitative estimate of drug-likeness (QED) is 0.685. The van der Waals surface area contributed by atoms with Crippen LogP contribution in [0.15, 0.2) is 23.6 Å². The average Bonchev–Trinajstić information content (AvgIpc) is 3.03. The maximum Gasteiger partial charge on any atom is 0.201 e. The highest BCUT2D eigenvalue weighted by Gasteiger charge is 2.26. The number of rotatable bonds is 1. The van der Waals surface area contributed by atoms with E-state index in [0.29, 0.717) is 16.0 Å². The fourth-order valence-corrected chi connectivity index (χ4v) is 4.46. The first-order valence-corrected chi connectivity index (χ1v) is 8.47. The first-order valence-electron chi connectivity index (χ1n) is 6.84. The highest BCUT2D eigenvalue weighted by molar-refractivity contribution is 7.10. The van der Waals surface area contributed by atoms with Gasteiger partial charge in [-0.2, -0.15) is 0 Å². The second-order valence-corrected chi connectivity index (χ2v) is 7.12. The van der Waals surface area contributed by atoms with Crippen LogP contribution in [-0.4, -0.2) is 9.55 Å². The monoisotopic (exact) mass is 337 g/mol. The summed E-state index contributed by atoms with van der Waals surface area (Å²) in [7, 11) is 0. The fourth-order valence-electron chi connectivity index (χ4n) is 3.17. The van der Waals surface area contributed by atoms with Crippen molar-refractivity contribution in [3.8, 4) is 0 Å². The summed E-state index contributed by atoms with van der Waals surface area (Å²) in [5, 5.41) is 3.20. The van der Waals surface area contributed by atoms with Gasteiger partial charge in [-0.05, 0) is 48.4 Å². The molecule has 21 heavy (non-hydrogen) atoms. The van der Waals surface area contributed by atoms with Crippen LogP contribution < -0.4 is 5.73 Å². The molecule has 0 bridgehead atoms. The molecule has 1 aliphatic carbocycles. The third-order valence-corrected chi connectivity index (χ3v) is 5.81.